The van der Waals surface area contributed by atoms with E-state index in [2.05, 4.69) is 68.0 Å². The van der Waals surface area contributed by atoms with E-state index in [4.69, 9.17) is 9.16 Å². The first-order valence-electron chi connectivity index (χ1n) is 9.27. The number of benzene rings is 2. The van der Waals surface area contributed by atoms with Gasteiger partial charge in [-0.3, -0.25) is 4.79 Å². The topological polar surface area (TPSA) is 35.5 Å². The third kappa shape index (κ3) is 5.45. The molecule has 0 radical (unpaired) electrons. The van der Waals surface area contributed by atoms with E-state index in [1.807, 2.05) is 24.3 Å². The van der Waals surface area contributed by atoms with Gasteiger partial charge in [0.1, 0.15) is 12.4 Å². The second-order valence-electron chi connectivity index (χ2n) is 8.18. The van der Waals surface area contributed by atoms with Gasteiger partial charge in [0.05, 0.1) is 0 Å². The van der Waals surface area contributed by atoms with E-state index in [1.54, 1.807) is 6.92 Å². The van der Waals surface area contributed by atoms with E-state index < -0.39 is 8.32 Å². The van der Waals surface area contributed by atoms with Crippen LogP contribution >= 0.6 is 15.9 Å². The molecule has 146 valence electrons. The Labute approximate surface area is 172 Å². The molecule has 2 rings (SSSR count). The molecule has 0 fully saturated rings. The minimum Gasteiger partial charge on any atom is -0.543 e. The Bertz CT molecular complexity index is 792. The van der Waals surface area contributed by atoms with E-state index in [1.165, 1.54) is 0 Å². The molecule has 0 aliphatic heterocycles. The maximum atomic E-state index is 11.7. The van der Waals surface area contributed by atoms with Crippen molar-refractivity contribution in [1.82, 2.24) is 0 Å². The molecule has 0 N–H and O–H groups in total. The summed E-state index contributed by atoms with van der Waals surface area (Å²) in [5, 5.41) is 0.0667. The summed E-state index contributed by atoms with van der Waals surface area (Å²) in [6, 6.07) is 14.2. The van der Waals surface area contributed by atoms with Gasteiger partial charge in [0.2, 0.25) is 0 Å². The van der Waals surface area contributed by atoms with E-state index in [9.17, 15) is 4.79 Å². The fraction of sp³-hybridized carbons (Fsp3) is 0.409. The fourth-order valence-corrected chi connectivity index (χ4v) is 3.67. The second kappa shape index (κ2) is 8.61. The summed E-state index contributed by atoms with van der Waals surface area (Å²) in [6.45, 7) is 13.1. The Morgan fingerprint density at radius 1 is 1.07 bits per heavy atom. The molecule has 0 bridgehead atoms. The Morgan fingerprint density at radius 3 is 2.26 bits per heavy atom. The van der Waals surface area contributed by atoms with Crippen LogP contribution in [-0.4, -0.2) is 14.3 Å². The molecule has 2 aromatic rings. The third-order valence-electron chi connectivity index (χ3n) is 5.09. The van der Waals surface area contributed by atoms with Gasteiger partial charge in [0, 0.05) is 22.0 Å². The van der Waals surface area contributed by atoms with Crippen LogP contribution in [0.15, 0.2) is 46.9 Å². The highest BCUT2D eigenvalue weighted by atomic mass is 79.9. The van der Waals surface area contributed by atoms with Crippen molar-refractivity contribution in [2.75, 3.05) is 0 Å². The van der Waals surface area contributed by atoms with Gasteiger partial charge >= 0.3 is 5.97 Å². The Balaban J connectivity index is 2.52. The normalized spacial score (nSPS) is 12.0. The van der Waals surface area contributed by atoms with Crippen LogP contribution in [0.5, 0.6) is 5.75 Å². The van der Waals surface area contributed by atoms with Gasteiger partial charge in [-0.25, -0.2) is 0 Å². The SMILES string of the molecule is CCC(=O)OCc1cccc(-c2ccc(Br)cc2)c1O[Si](C)(C)C(C)(C)C. The lowest BCUT2D eigenvalue weighted by atomic mass is 10.0. The maximum Gasteiger partial charge on any atom is 0.305 e. The van der Waals surface area contributed by atoms with Crippen LogP contribution in [0.4, 0.5) is 0 Å². The largest absolute Gasteiger partial charge is 0.543 e. The van der Waals surface area contributed by atoms with Gasteiger partial charge in [0.15, 0.2) is 0 Å². The first-order chi connectivity index (χ1) is 12.5. The summed E-state index contributed by atoms with van der Waals surface area (Å²) in [7, 11) is -2.07. The number of esters is 1. The minimum absolute atomic E-state index is 0.0667. The molecule has 0 aliphatic carbocycles. The molecule has 2 aromatic carbocycles. The second-order valence-corrected chi connectivity index (χ2v) is 13.8. The van der Waals surface area contributed by atoms with Crippen LogP contribution in [0.3, 0.4) is 0 Å². The Kier molecular flexibility index (Phi) is 6.92. The van der Waals surface area contributed by atoms with E-state index in [0.29, 0.717) is 6.42 Å². The maximum absolute atomic E-state index is 11.7. The quantitative estimate of drug-likeness (QED) is 0.354. The van der Waals surface area contributed by atoms with Gasteiger partial charge in [-0.1, -0.05) is 74.0 Å². The van der Waals surface area contributed by atoms with Gasteiger partial charge in [-0.2, -0.15) is 0 Å². The van der Waals surface area contributed by atoms with E-state index in [-0.39, 0.29) is 17.6 Å². The first-order valence-corrected chi connectivity index (χ1v) is 13.0. The molecule has 0 heterocycles. The molecule has 5 heteroatoms. The lowest BCUT2D eigenvalue weighted by molar-refractivity contribution is -0.144. The number of hydrogen-bond acceptors (Lipinski definition) is 3. The number of ether oxygens (including phenoxy) is 1. The number of carbonyl (C=O) groups excluding carboxylic acids is 1. The lowest BCUT2D eigenvalue weighted by Gasteiger charge is -2.37. The van der Waals surface area contributed by atoms with E-state index in [0.717, 1.165) is 26.9 Å². The van der Waals surface area contributed by atoms with Crippen molar-refractivity contribution in [3.05, 3.63) is 52.5 Å². The molecular formula is C22H29BrO3Si. The molecule has 0 aromatic heterocycles. The van der Waals surface area contributed by atoms with Crippen molar-refractivity contribution in [2.24, 2.45) is 0 Å². The molecule has 0 unspecified atom stereocenters. The Morgan fingerprint density at radius 2 is 1.70 bits per heavy atom. The van der Waals surface area contributed by atoms with Gasteiger partial charge in [-0.05, 0) is 35.8 Å². The Hall–Kier alpha value is -1.59. The predicted octanol–water partition coefficient (Wildman–Crippen LogP) is 6.95. The first kappa shape index (κ1) is 21.7. The summed E-state index contributed by atoms with van der Waals surface area (Å²) >= 11 is 3.49. The molecular weight excluding hydrogens is 420 g/mol. The predicted molar refractivity (Wildman–Crippen MR) is 117 cm³/mol. The fourth-order valence-electron chi connectivity index (χ4n) is 2.34. The van der Waals surface area contributed by atoms with Crippen molar-refractivity contribution in [2.45, 2.75) is 58.9 Å². The molecule has 0 spiro atoms. The molecule has 0 aliphatic rings. The summed E-state index contributed by atoms with van der Waals surface area (Å²) in [5.74, 6) is 0.623. The van der Waals surface area contributed by atoms with Crippen molar-refractivity contribution in [1.29, 1.82) is 0 Å². The molecule has 0 saturated heterocycles. The van der Waals surface area contributed by atoms with Gasteiger partial charge in [0.25, 0.3) is 8.32 Å². The molecule has 27 heavy (non-hydrogen) atoms. The average molecular weight is 449 g/mol. The highest BCUT2D eigenvalue weighted by molar-refractivity contribution is 9.10. The summed E-state index contributed by atoms with van der Waals surface area (Å²) in [6.07, 6.45) is 0.366. The zero-order valence-corrected chi connectivity index (χ0v) is 19.6. The minimum atomic E-state index is -2.07. The van der Waals surface area contributed by atoms with Crippen LogP contribution in [0, 0.1) is 0 Å². The van der Waals surface area contributed by atoms with Crippen LogP contribution in [0.25, 0.3) is 11.1 Å². The van der Waals surface area contributed by atoms with Crippen LogP contribution in [0.1, 0.15) is 39.7 Å². The summed E-state index contributed by atoms with van der Waals surface area (Å²) < 4.78 is 13.2. The smallest absolute Gasteiger partial charge is 0.305 e. The zero-order chi connectivity index (χ0) is 20.2. The van der Waals surface area contributed by atoms with Crippen molar-refractivity contribution in [3.63, 3.8) is 0 Å². The monoisotopic (exact) mass is 448 g/mol. The third-order valence-corrected chi connectivity index (χ3v) is 9.95. The van der Waals surface area contributed by atoms with Crippen molar-refractivity contribution >= 4 is 30.2 Å². The number of rotatable bonds is 6. The number of carbonyl (C=O) groups is 1. The van der Waals surface area contributed by atoms with Crippen molar-refractivity contribution < 1.29 is 14.0 Å². The van der Waals surface area contributed by atoms with Crippen LogP contribution < -0.4 is 4.43 Å². The summed E-state index contributed by atoms with van der Waals surface area (Å²) in [4.78, 5) is 11.7. The van der Waals surface area contributed by atoms with Crippen molar-refractivity contribution in [3.8, 4) is 16.9 Å². The molecule has 0 amide bonds. The molecule has 0 saturated carbocycles. The lowest BCUT2D eigenvalue weighted by Crippen LogP contribution is -2.44. The van der Waals surface area contributed by atoms with Gasteiger partial charge in [-0.15, -0.1) is 0 Å². The van der Waals surface area contributed by atoms with Crippen LogP contribution in [-0.2, 0) is 16.1 Å². The number of para-hydroxylation sites is 1. The highest BCUT2D eigenvalue weighted by Crippen LogP contribution is 2.42. The summed E-state index contributed by atoms with van der Waals surface area (Å²) in [5.41, 5.74) is 3.01. The van der Waals surface area contributed by atoms with Gasteiger partial charge < -0.3 is 9.16 Å². The highest BCUT2D eigenvalue weighted by Gasteiger charge is 2.40. The number of hydrogen-bond donors (Lipinski definition) is 0. The molecule has 0 atom stereocenters. The van der Waals surface area contributed by atoms with Crippen LogP contribution in [0.2, 0.25) is 18.1 Å². The average Bonchev–Trinajstić information content (AvgIpc) is 2.60. The number of halogens is 1. The molecule has 3 nitrogen and oxygen atoms in total. The van der Waals surface area contributed by atoms with E-state index >= 15 is 0 Å². The standard InChI is InChI=1S/C22H29BrO3Si/c1-7-20(24)25-15-17-9-8-10-19(16-11-13-18(23)14-12-16)21(17)26-27(5,6)22(2,3)4/h8-14H,7,15H2,1-6H3. The zero-order valence-electron chi connectivity index (χ0n) is 17.1.